The number of hydrogen-bond acceptors (Lipinski definition) is 9. The van der Waals surface area contributed by atoms with Gasteiger partial charge in [0.1, 0.15) is 49.2 Å². The minimum Gasteiger partial charge on any atom is -0.507 e. The molecule has 0 saturated heterocycles. The van der Waals surface area contributed by atoms with Gasteiger partial charge < -0.3 is 57.6 Å². The van der Waals surface area contributed by atoms with Crippen molar-refractivity contribution in [3.05, 3.63) is 303 Å². The predicted molar refractivity (Wildman–Crippen MR) is 631 cm³/mol. The molecule has 0 amide bonds. The van der Waals surface area contributed by atoms with Crippen LogP contribution in [-0.2, 0) is 70.0 Å². The fourth-order valence-corrected chi connectivity index (χ4v) is 20.6. The zero-order valence-electron chi connectivity index (χ0n) is 90.4. The van der Waals surface area contributed by atoms with Gasteiger partial charge in [0, 0.05) is 150 Å². The molecule has 2 aliphatic carbocycles. The monoisotopic (exact) mass is 2400 g/mol. The molecule has 2 aliphatic rings. The first kappa shape index (κ1) is 128. The number of aromatic hydroxyl groups is 4. The van der Waals surface area contributed by atoms with E-state index in [1.165, 1.54) is 119 Å². The third-order valence-corrected chi connectivity index (χ3v) is 30.5. The fourth-order valence-electron chi connectivity index (χ4n) is 18.8. The summed E-state index contributed by atoms with van der Waals surface area (Å²) in [7, 11) is 0. The van der Waals surface area contributed by atoms with E-state index in [9.17, 15) is 20.4 Å². The van der Waals surface area contributed by atoms with Gasteiger partial charge in [-0.15, -0.1) is 0 Å². The Hall–Kier alpha value is -6.06. The number of halogens is 4. The van der Waals surface area contributed by atoms with Crippen molar-refractivity contribution in [2.45, 2.75) is 387 Å². The molecular weight excluding hydrogens is 2220 g/mol. The normalized spacial score (nSPS) is 15.3. The molecule has 9 aromatic rings. The maximum absolute atomic E-state index is 11.6. The second-order valence-electron chi connectivity index (χ2n) is 43.5. The molecule has 4 N–H and O–H groups in total. The summed E-state index contributed by atoms with van der Waals surface area (Å²) in [6.07, 6.45) is 55.6. The topological polar surface area (TPSA) is 159 Å². The zero-order valence-corrected chi connectivity index (χ0v) is 100. The van der Waals surface area contributed by atoms with E-state index in [1.807, 2.05) is 64.9 Å². The summed E-state index contributed by atoms with van der Waals surface area (Å²) in [4.78, 5) is 24.6. The number of aryl methyl sites for hydroxylation is 8. The van der Waals surface area contributed by atoms with Gasteiger partial charge in [0.2, 0.25) is 0 Å². The van der Waals surface area contributed by atoms with Crippen molar-refractivity contribution in [2.75, 3.05) is 17.7 Å². The summed E-state index contributed by atoms with van der Waals surface area (Å²) in [5.74, 6) is 2.99. The van der Waals surface area contributed by atoms with Crippen molar-refractivity contribution in [2.24, 2.45) is 20.0 Å². The van der Waals surface area contributed by atoms with E-state index >= 15 is 0 Å². The molecule has 5 aromatic heterocycles. The average molecular weight is 2400 g/mol. The van der Waals surface area contributed by atoms with Crippen molar-refractivity contribution in [1.82, 2.24) is 4.98 Å². The zero-order chi connectivity index (χ0) is 97.3. The van der Waals surface area contributed by atoms with Crippen LogP contribution in [0, 0.1) is 64.8 Å². The van der Waals surface area contributed by atoms with Crippen molar-refractivity contribution in [3.63, 3.8) is 0 Å². The number of phenolic OH excluding ortho intramolecular Hbond substituents is 4. The van der Waals surface area contributed by atoms with Crippen LogP contribution >= 0.6 is 90.4 Å². The largest absolute Gasteiger partial charge is 0.507 e. The molecule has 1 radical (unpaired) electrons. The van der Waals surface area contributed by atoms with Crippen molar-refractivity contribution < 1.29 is 55.5 Å². The van der Waals surface area contributed by atoms with Crippen LogP contribution in [0.25, 0.3) is 0 Å². The SMILES string of the molecule is CC(C)(C)c1ccncc1.Cc1cc(C(CCCI)CCCI)cc(C=NC2CCCCC2N=Cc2cc(C(CCCI)CCCI)cc(C)c2O)c1O.Cc1cc(C(CCC[n+]2ccc(C(C)(C)C)cc2)CCC[n+]2ccc(C(C)(C)C)cc2)cc(C=NC2CCCCC2N=Cc2cc(C(CCC[n+]3ccc(C(C)(C)C)cc3)CCC[n+]3ccc(C(C)(C)C)cc3)cc(C)c2O)c1O.[CH3-].[CH3-].[CH3-].[CH3-].[CH3-].[Co]. The Bertz CT molecular complexity index is 4740. The summed E-state index contributed by atoms with van der Waals surface area (Å²) in [6, 6.07) is 39.9. The Morgan fingerprint density at radius 1 is 0.300 bits per heavy atom. The van der Waals surface area contributed by atoms with Crippen LogP contribution in [-0.4, -0.2) is 92.1 Å². The number of hydrogen-bond donors (Lipinski definition) is 4. The molecule has 4 aromatic carbocycles. The molecule has 775 valence electrons. The number of aromatic nitrogens is 5. The third kappa shape index (κ3) is 41.3. The van der Waals surface area contributed by atoms with Gasteiger partial charge in [0.25, 0.3) is 0 Å². The number of benzene rings is 4. The maximum atomic E-state index is 11.6. The van der Waals surface area contributed by atoms with Gasteiger partial charge in [-0.3, -0.25) is 25.0 Å². The van der Waals surface area contributed by atoms with E-state index in [2.05, 4.69) is 376 Å². The smallest absolute Gasteiger partial charge is 0.169 e. The summed E-state index contributed by atoms with van der Waals surface area (Å²) in [5, 5.41) is 45.2. The van der Waals surface area contributed by atoms with Crippen molar-refractivity contribution in [3.8, 4) is 23.0 Å². The molecule has 2 saturated carbocycles. The van der Waals surface area contributed by atoms with E-state index in [-0.39, 0.29) is 105 Å². The molecule has 13 nitrogen and oxygen atoms in total. The van der Waals surface area contributed by atoms with Crippen LogP contribution in [0.5, 0.6) is 23.0 Å². The molecule has 4 unspecified atom stereocenters. The standard InChI is InChI=1S/C72H100N6O2.C36H50I4N2O2.C9H13N.5CH3.Co/c1-53-47-57(55(21-17-35-75-39-27-61(28-40-75)69(3,4)5)22-18-36-76-41-29-62(30-42-76)70(6,7)8)49-59(67(53)79)51-73-65-25-15-16-26-66(65)74-52-60-50-58(48-54(2)68(60)80)56(23-19-37-77-43-31-63(32-44-77)71(9,10)11)24-20-38-78-45-33-64(34-46-78)72(12,13)14;1-25-19-29(27(9-5-15-37)10-6-16-38)21-31(35(25)43)23-41-33-13-3-4-14-34(33)42-24-32-22-30(20-26(2)36(32)44)28(11-7-17-39)12-8-18-40;1-9(2,3)8-4-6-10-7-5-8;;;;;;/h27-34,39-52,55-56,65-66H,15-26,35-38H2,1-14H3;19-24,27-28,33-34,43-44H,3-18H2,1-2H3;4-7H,1-3H3;5*1H3;/q+2;;;5*-1;/p+2. The van der Waals surface area contributed by atoms with Crippen LogP contribution in [0.1, 0.15) is 376 Å². The maximum Gasteiger partial charge on any atom is 0.169 e. The minimum absolute atomic E-state index is 0. The molecule has 11 rings (SSSR count). The molecule has 0 bridgehead atoms. The summed E-state index contributed by atoms with van der Waals surface area (Å²) in [5.41, 5.74) is 19.5. The molecule has 0 aliphatic heterocycles. The summed E-state index contributed by atoms with van der Waals surface area (Å²) >= 11 is 9.90. The van der Waals surface area contributed by atoms with E-state index in [0.717, 1.165) is 173 Å². The second-order valence-corrected chi connectivity index (χ2v) is 47.8. The van der Waals surface area contributed by atoms with Crippen LogP contribution in [0.4, 0.5) is 0 Å². The molecule has 18 heteroatoms. The van der Waals surface area contributed by atoms with Gasteiger partial charge in [-0.1, -0.05) is 244 Å². The predicted octanol–water partition coefficient (Wildman–Crippen LogP) is 31.2. The number of nitrogens with zero attached hydrogens (tertiary/aromatic N) is 9. The average Bonchev–Trinajstić information content (AvgIpc) is 0.821. The minimum atomic E-state index is -0.0216. The van der Waals surface area contributed by atoms with Crippen LogP contribution < -0.4 is 18.3 Å². The quantitative estimate of drug-likeness (QED) is 0.00988. The molecule has 2 fully saturated rings. The Labute approximate surface area is 917 Å². The third-order valence-electron chi connectivity index (χ3n) is 27.5. The van der Waals surface area contributed by atoms with Gasteiger partial charge in [-0.05, 0) is 308 Å². The van der Waals surface area contributed by atoms with Gasteiger partial charge in [-0.25, -0.2) is 18.3 Å². The molecular formula is C122H180CoI4N9O4-. The van der Waals surface area contributed by atoms with E-state index in [1.54, 1.807) is 0 Å². The van der Waals surface area contributed by atoms with Gasteiger partial charge >= 0.3 is 0 Å². The van der Waals surface area contributed by atoms with Crippen LogP contribution in [0.15, 0.2) is 191 Å². The molecule has 0 spiro atoms. The molecule has 140 heavy (non-hydrogen) atoms. The number of alkyl halides is 4. The fraction of sp³-hybridized carbons (Fsp3) is 0.525. The first-order valence-electron chi connectivity index (χ1n) is 50.3. The number of pyridine rings is 5. The van der Waals surface area contributed by atoms with Gasteiger partial charge in [-0.2, -0.15) is 0 Å². The Morgan fingerprint density at radius 2 is 0.479 bits per heavy atom. The van der Waals surface area contributed by atoms with E-state index < -0.39 is 0 Å². The van der Waals surface area contributed by atoms with Gasteiger partial charge in [0.15, 0.2) is 49.6 Å². The number of rotatable bonds is 40. The van der Waals surface area contributed by atoms with E-state index in [0.29, 0.717) is 46.7 Å². The van der Waals surface area contributed by atoms with Gasteiger partial charge in [0.05, 0.1) is 24.2 Å². The first-order chi connectivity index (χ1) is 63.7. The first-order valence-corrected chi connectivity index (χ1v) is 56.4. The van der Waals surface area contributed by atoms with Crippen LogP contribution in [0.2, 0.25) is 0 Å². The molecule has 4 atom stereocenters. The Balaban J connectivity index is 0.000000706. The Morgan fingerprint density at radius 3 is 0.650 bits per heavy atom. The number of phenols is 4. The second kappa shape index (κ2) is 62.8. The molecule has 5 heterocycles. The van der Waals surface area contributed by atoms with Crippen molar-refractivity contribution in [1.29, 1.82) is 0 Å². The Kier molecular flexibility index (Phi) is 57.5. The van der Waals surface area contributed by atoms with Crippen LogP contribution in [0.3, 0.4) is 0 Å². The van der Waals surface area contributed by atoms with E-state index in [4.69, 9.17) is 20.0 Å². The summed E-state index contributed by atoms with van der Waals surface area (Å²) in [6.45, 7) is 45.7. The number of aliphatic imine (C=N–C) groups is 4. The van der Waals surface area contributed by atoms with Crippen molar-refractivity contribution >= 4 is 115 Å². The summed E-state index contributed by atoms with van der Waals surface area (Å²) < 4.78 is 14.0.